The number of rotatable bonds is 6. The van der Waals surface area contributed by atoms with Crippen molar-refractivity contribution in [3.05, 3.63) is 53.1 Å². The molecule has 0 aromatic heterocycles. The van der Waals surface area contributed by atoms with Crippen molar-refractivity contribution in [2.75, 3.05) is 13.9 Å². The van der Waals surface area contributed by atoms with E-state index in [0.29, 0.717) is 0 Å². The van der Waals surface area contributed by atoms with Crippen molar-refractivity contribution in [3.63, 3.8) is 0 Å². The maximum atomic E-state index is 14.2. The molecule has 2 aromatic carbocycles. The van der Waals surface area contributed by atoms with Crippen LogP contribution in [0, 0.1) is 11.6 Å². The van der Waals surface area contributed by atoms with Gasteiger partial charge in [0.25, 0.3) is 0 Å². The molecule has 0 fully saturated rings. The lowest BCUT2D eigenvalue weighted by molar-refractivity contribution is 0.0512. The molecule has 0 radical (unpaired) electrons. The van der Waals surface area contributed by atoms with Crippen LogP contribution in [0.2, 0.25) is 0 Å². The van der Waals surface area contributed by atoms with Gasteiger partial charge < -0.3 is 19.7 Å². The molecule has 0 aliphatic rings. The molecule has 2 N–H and O–H groups in total. The number of ether oxygens (including phenoxy) is 2. The lowest BCUT2D eigenvalue weighted by Gasteiger charge is -2.14. The quantitative estimate of drug-likeness (QED) is 0.799. The van der Waals surface area contributed by atoms with E-state index >= 15 is 0 Å². The van der Waals surface area contributed by atoms with Crippen molar-refractivity contribution in [1.29, 1.82) is 0 Å². The van der Waals surface area contributed by atoms with Crippen molar-refractivity contribution in [2.45, 2.75) is 6.61 Å². The van der Waals surface area contributed by atoms with E-state index in [0.717, 1.165) is 6.07 Å². The number of benzene rings is 2. The highest BCUT2D eigenvalue weighted by Crippen LogP contribution is 2.35. The zero-order valence-electron chi connectivity index (χ0n) is 12.2. The number of carbonyl (C=O) groups is 1. The number of carboxylic acids is 1. The van der Waals surface area contributed by atoms with Gasteiger partial charge in [-0.3, -0.25) is 0 Å². The summed E-state index contributed by atoms with van der Waals surface area (Å²) < 4.78 is 37.7. The lowest BCUT2D eigenvalue weighted by Crippen LogP contribution is -2.05. The highest BCUT2D eigenvalue weighted by molar-refractivity contribution is 5.90. The summed E-state index contributed by atoms with van der Waals surface area (Å²) in [6.07, 6.45) is 0. The minimum absolute atomic E-state index is 0.0396. The first kappa shape index (κ1) is 16.9. The van der Waals surface area contributed by atoms with Crippen molar-refractivity contribution >= 4 is 5.97 Å². The van der Waals surface area contributed by atoms with E-state index in [4.69, 9.17) is 14.6 Å². The summed E-state index contributed by atoms with van der Waals surface area (Å²) in [5.74, 6) is -3.39. The Bertz CT molecular complexity index is 731. The van der Waals surface area contributed by atoms with Crippen LogP contribution in [-0.4, -0.2) is 30.1 Å². The van der Waals surface area contributed by atoms with Gasteiger partial charge in [-0.05, 0) is 35.4 Å². The first-order valence-electron chi connectivity index (χ1n) is 6.56. The minimum Gasteiger partial charge on any atom is -0.478 e. The molecule has 0 heterocycles. The fourth-order valence-corrected chi connectivity index (χ4v) is 2.13. The Morgan fingerprint density at radius 3 is 2.57 bits per heavy atom. The van der Waals surface area contributed by atoms with E-state index in [9.17, 15) is 18.7 Å². The molecular formula is C16H14F2O5. The maximum Gasteiger partial charge on any atom is 0.336 e. The molecule has 0 atom stereocenters. The normalized spacial score (nSPS) is 10.6. The van der Waals surface area contributed by atoms with E-state index < -0.39 is 24.2 Å². The lowest BCUT2D eigenvalue weighted by atomic mass is 9.98. The molecule has 0 saturated heterocycles. The van der Waals surface area contributed by atoms with Gasteiger partial charge in [0.05, 0.1) is 17.7 Å². The molecule has 0 aliphatic carbocycles. The third-order valence-electron chi connectivity index (χ3n) is 3.18. The summed E-state index contributed by atoms with van der Waals surface area (Å²) >= 11 is 0. The molecule has 23 heavy (non-hydrogen) atoms. The third-order valence-corrected chi connectivity index (χ3v) is 3.18. The molecule has 7 heteroatoms. The Balaban J connectivity index is 2.60. The van der Waals surface area contributed by atoms with Gasteiger partial charge >= 0.3 is 5.97 Å². The Morgan fingerprint density at radius 2 is 1.96 bits per heavy atom. The number of methoxy groups -OCH3 is 1. The second kappa shape index (κ2) is 7.17. The third kappa shape index (κ3) is 3.46. The number of aliphatic hydroxyl groups is 1. The number of aromatic carboxylic acids is 1. The average Bonchev–Trinajstić information content (AvgIpc) is 2.55. The molecule has 0 aliphatic heterocycles. The van der Waals surface area contributed by atoms with Crippen LogP contribution in [0.25, 0.3) is 11.1 Å². The Kier molecular flexibility index (Phi) is 5.25. The van der Waals surface area contributed by atoms with Gasteiger partial charge in [-0.15, -0.1) is 0 Å². The fourth-order valence-electron chi connectivity index (χ4n) is 2.13. The zero-order chi connectivity index (χ0) is 17.0. The van der Waals surface area contributed by atoms with E-state index in [1.807, 2.05) is 0 Å². The van der Waals surface area contributed by atoms with Crippen LogP contribution in [0.5, 0.6) is 5.75 Å². The largest absolute Gasteiger partial charge is 0.478 e. The number of hydrogen-bond acceptors (Lipinski definition) is 4. The minimum atomic E-state index is -1.23. The van der Waals surface area contributed by atoms with Gasteiger partial charge in [0.1, 0.15) is 5.75 Å². The number of aliphatic hydroxyl groups excluding tert-OH is 1. The highest BCUT2D eigenvalue weighted by atomic mass is 19.2. The smallest absolute Gasteiger partial charge is 0.336 e. The summed E-state index contributed by atoms with van der Waals surface area (Å²) in [6, 6.07) is 5.98. The molecule has 0 spiro atoms. The zero-order valence-corrected chi connectivity index (χ0v) is 12.2. The average molecular weight is 324 g/mol. The first-order valence-corrected chi connectivity index (χ1v) is 6.56. The first-order chi connectivity index (χ1) is 11.0. The number of hydrogen-bond donors (Lipinski definition) is 2. The van der Waals surface area contributed by atoms with Crippen LogP contribution in [0.4, 0.5) is 8.78 Å². The predicted molar refractivity (Wildman–Crippen MR) is 77.2 cm³/mol. The van der Waals surface area contributed by atoms with Crippen LogP contribution < -0.4 is 4.74 Å². The Labute approximate surface area is 130 Å². The number of halogens is 2. The van der Waals surface area contributed by atoms with Crippen LogP contribution in [0.1, 0.15) is 15.9 Å². The molecule has 5 nitrogen and oxygen atoms in total. The van der Waals surface area contributed by atoms with Gasteiger partial charge in [-0.1, -0.05) is 6.07 Å². The van der Waals surface area contributed by atoms with Crippen molar-refractivity contribution < 1.29 is 33.3 Å². The summed E-state index contributed by atoms with van der Waals surface area (Å²) in [5.41, 5.74) is -0.0281. The van der Waals surface area contributed by atoms with E-state index in [-0.39, 0.29) is 34.8 Å². The van der Waals surface area contributed by atoms with Gasteiger partial charge in [0.2, 0.25) is 0 Å². The van der Waals surface area contributed by atoms with Crippen molar-refractivity contribution in [2.24, 2.45) is 0 Å². The SMILES string of the molecule is COCOc1ccc(F)c(F)c1-c1ccc(C(=O)O)c(CO)c1. The van der Waals surface area contributed by atoms with Crippen LogP contribution in [0.15, 0.2) is 30.3 Å². The molecule has 122 valence electrons. The maximum absolute atomic E-state index is 14.2. The van der Waals surface area contributed by atoms with Gasteiger partial charge in [0.15, 0.2) is 18.4 Å². The van der Waals surface area contributed by atoms with Crippen molar-refractivity contribution in [3.8, 4) is 16.9 Å². The molecular weight excluding hydrogens is 310 g/mol. The van der Waals surface area contributed by atoms with Crippen LogP contribution in [-0.2, 0) is 11.3 Å². The molecule has 0 bridgehead atoms. The Morgan fingerprint density at radius 1 is 1.22 bits per heavy atom. The van der Waals surface area contributed by atoms with E-state index in [2.05, 4.69) is 0 Å². The summed E-state index contributed by atoms with van der Waals surface area (Å²) in [7, 11) is 1.38. The Hall–Kier alpha value is -2.51. The monoisotopic (exact) mass is 324 g/mol. The van der Waals surface area contributed by atoms with Crippen LogP contribution >= 0.6 is 0 Å². The highest BCUT2D eigenvalue weighted by Gasteiger charge is 2.19. The second-order valence-corrected chi connectivity index (χ2v) is 4.62. The topological polar surface area (TPSA) is 76.0 Å². The fraction of sp³-hybridized carbons (Fsp3) is 0.188. The summed E-state index contributed by atoms with van der Waals surface area (Å²) in [4.78, 5) is 11.1. The summed E-state index contributed by atoms with van der Waals surface area (Å²) in [6.45, 7) is -0.723. The molecule has 2 rings (SSSR count). The van der Waals surface area contributed by atoms with E-state index in [1.165, 1.54) is 31.4 Å². The standard InChI is InChI=1S/C16H14F2O5/c1-22-8-23-13-5-4-12(17)15(18)14(13)9-2-3-11(16(20)21)10(6-9)7-19/h2-6,19H,7-8H2,1H3,(H,20,21). The molecule has 0 saturated carbocycles. The van der Waals surface area contributed by atoms with Crippen molar-refractivity contribution in [1.82, 2.24) is 0 Å². The predicted octanol–water partition coefficient (Wildman–Crippen LogP) is 2.81. The van der Waals surface area contributed by atoms with Gasteiger partial charge in [-0.25, -0.2) is 13.6 Å². The van der Waals surface area contributed by atoms with Crippen LogP contribution in [0.3, 0.4) is 0 Å². The number of carboxylic acid groups (broad SMARTS) is 1. The molecule has 0 amide bonds. The van der Waals surface area contributed by atoms with E-state index in [1.54, 1.807) is 0 Å². The van der Waals surface area contributed by atoms with Gasteiger partial charge in [-0.2, -0.15) is 0 Å². The molecule has 2 aromatic rings. The molecule has 0 unspecified atom stereocenters. The summed E-state index contributed by atoms with van der Waals surface area (Å²) in [5, 5.41) is 18.3. The second-order valence-electron chi connectivity index (χ2n) is 4.62. The van der Waals surface area contributed by atoms with Gasteiger partial charge in [0, 0.05) is 7.11 Å².